The smallest absolute Gasteiger partial charge is 0.337 e. The molecule has 0 N–H and O–H groups in total. The SMILES string of the molecule is COC(=O)c1ccc2nc(SCCN(C)C)oc2c1. The Morgan fingerprint density at radius 2 is 2.26 bits per heavy atom. The number of esters is 1. The average Bonchev–Trinajstić information content (AvgIpc) is 2.78. The Morgan fingerprint density at radius 1 is 1.47 bits per heavy atom. The third kappa shape index (κ3) is 3.48. The van der Waals surface area contributed by atoms with Crippen molar-refractivity contribution in [2.75, 3.05) is 33.5 Å². The molecule has 1 heterocycles. The van der Waals surface area contributed by atoms with Crippen LogP contribution in [0.5, 0.6) is 0 Å². The molecule has 0 aliphatic rings. The van der Waals surface area contributed by atoms with Gasteiger partial charge in [-0.15, -0.1) is 0 Å². The summed E-state index contributed by atoms with van der Waals surface area (Å²) in [5.41, 5.74) is 1.83. The standard InChI is InChI=1S/C13H16N2O3S/c1-15(2)6-7-19-13-14-10-5-4-9(12(16)17-3)8-11(10)18-13/h4-5,8H,6-7H2,1-3H3. The van der Waals surface area contributed by atoms with Crippen LogP contribution in [0.2, 0.25) is 0 Å². The Bertz CT molecular complexity index is 580. The van der Waals surface area contributed by atoms with Gasteiger partial charge in [0.15, 0.2) is 5.58 Å². The molecular weight excluding hydrogens is 264 g/mol. The van der Waals surface area contributed by atoms with E-state index >= 15 is 0 Å². The van der Waals surface area contributed by atoms with E-state index in [1.54, 1.807) is 30.0 Å². The van der Waals surface area contributed by atoms with Gasteiger partial charge in [-0.2, -0.15) is 0 Å². The van der Waals surface area contributed by atoms with Crippen LogP contribution < -0.4 is 0 Å². The lowest BCUT2D eigenvalue weighted by atomic mass is 10.2. The van der Waals surface area contributed by atoms with Crippen LogP contribution in [-0.4, -0.2) is 49.4 Å². The molecule has 1 aromatic carbocycles. The highest BCUT2D eigenvalue weighted by atomic mass is 32.2. The zero-order chi connectivity index (χ0) is 13.8. The van der Waals surface area contributed by atoms with E-state index in [-0.39, 0.29) is 5.97 Å². The molecule has 2 rings (SSSR count). The molecule has 6 heteroatoms. The second-order valence-electron chi connectivity index (χ2n) is 4.31. The Balaban J connectivity index is 2.14. The van der Waals surface area contributed by atoms with Gasteiger partial charge in [0.25, 0.3) is 5.22 Å². The molecule has 0 aliphatic carbocycles. The van der Waals surface area contributed by atoms with Gasteiger partial charge in [0, 0.05) is 12.3 Å². The highest BCUT2D eigenvalue weighted by molar-refractivity contribution is 7.99. The summed E-state index contributed by atoms with van der Waals surface area (Å²) in [7, 11) is 5.40. The van der Waals surface area contributed by atoms with Crippen LogP contribution in [0.25, 0.3) is 11.1 Å². The van der Waals surface area contributed by atoms with Gasteiger partial charge in [-0.05, 0) is 32.3 Å². The first-order chi connectivity index (χ1) is 9.10. The Labute approximate surface area is 115 Å². The van der Waals surface area contributed by atoms with Gasteiger partial charge in [0.05, 0.1) is 12.7 Å². The lowest BCUT2D eigenvalue weighted by molar-refractivity contribution is 0.0601. The number of hydrogen-bond donors (Lipinski definition) is 0. The average molecular weight is 280 g/mol. The number of benzene rings is 1. The highest BCUT2D eigenvalue weighted by Gasteiger charge is 2.11. The van der Waals surface area contributed by atoms with E-state index < -0.39 is 0 Å². The maximum Gasteiger partial charge on any atom is 0.337 e. The van der Waals surface area contributed by atoms with Crippen LogP contribution in [0, 0.1) is 0 Å². The van der Waals surface area contributed by atoms with Gasteiger partial charge in [-0.3, -0.25) is 0 Å². The second kappa shape index (κ2) is 6.08. The van der Waals surface area contributed by atoms with Gasteiger partial charge >= 0.3 is 5.97 Å². The van der Waals surface area contributed by atoms with Gasteiger partial charge in [-0.25, -0.2) is 9.78 Å². The fourth-order valence-corrected chi connectivity index (χ4v) is 2.47. The number of methoxy groups -OCH3 is 1. The van der Waals surface area contributed by atoms with E-state index in [0.717, 1.165) is 17.8 Å². The number of aromatic nitrogens is 1. The number of rotatable bonds is 5. The Kier molecular flexibility index (Phi) is 4.44. The van der Waals surface area contributed by atoms with Crippen molar-refractivity contribution in [2.45, 2.75) is 5.22 Å². The van der Waals surface area contributed by atoms with Crippen LogP contribution in [0.15, 0.2) is 27.8 Å². The number of ether oxygens (including phenoxy) is 1. The van der Waals surface area contributed by atoms with Crippen molar-refractivity contribution in [1.29, 1.82) is 0 Å². The first kappa shape index (κ1) is 13.9. The summed E-state index contributed by atoms with van der Waals surface area (Å²) in [6.07, 6.45) is 0. The minimum Gasteiger partial charge on any atom is -0.465 e. The largest absolute Gasteiger partial charge is 0.465 e. The number of hydrogen-bond acceptors (Lipinski definition) is 6. The van der Waals surface area contributed by atoms with Crippen molar-refractivity contribution in [3.05, 3.63) is 23.8 Å². The van der Waals surface area contributed by atoms with Crippen molar-refractivity contribution < 1.29 is 13.9 Å². The zero-order valence-electron chi connectivity index (χ0n) is 11.2. The molecule has 0 radical (unpaired) electrons. The maximum absolute atomic E-state index is 11.4. The summed E-state index contributed by atoms with van der Waals surface area (Å²) in [4.78, 5) is 17.9. The molecular formula is C13H16N2O3S. The molecule has 0 saturated heterocycles. The molecule has 1 aromatic heterocycles. The normalized spacial score (nSPS) is 11.2. The summed E-state index contributed by atoms with van der Waals surface area (Å²) in [5.74, 6) is 0.532. The summed E-state index contributed by atoms with van der Waals surface area (Å²) >= 11 is 1.56. The molecule has 0 bridgehead atoms. The number of thioether (sulfide) groups is 1. The molecule has 0 atom stereocenters. The molecule has 102 valence electrons. The fourth-order valence-electron chi connectivity index (χ4n) is 1.53. The van der Waals surface area contributed by atoms with Crippen molar-refractivity contribution in [2.24, 2.45) is 0 Å². The third-order valence-corrected chi connectivity index (χ3v) is 3.36. The summed E-state index contributed by atoms with van der Waals surface area (Å²) in [5, 5.41) is 0.624. The van der Waals surface area contributed by atoms with Crippen LogP contribution in [0.3, 0.4) is 0 Å². The summed E-state index contributed by atoms with van der Waals surface area (Å²) < 4.78 is 10.3. The minimum absolute atomic E-state index is 0.375. The van der Waals surface area contributed by atoms with E-state index in [9.17, 15) is 4.79 Å². The Morgan fingerprint density at radius 3 is 2.95 bits per heavy atom. The van der Waals surface area contributed by atoms with E-state index in [1.807, 2.05) is 14.1 Å². The molecule has 19 heavy (non-hydrogen) atoms. The highest BCUT2D eigenvalue weighted by Crippen LogP contribution is 2.24. The predicted octanol–water partition coefficient (Wildman–Crippen LogP) is 2.27. The van der Waals surface area contributed by atoms with Crippen LogP contribution in [0.4, 0.5) is 0 Å². The number of fused-ring (bicyclic) bond motifs is 1. The quantitative estimate of drug-likeness (QED) is 0.618. The Hall–Kier alpha value is -1.53. The van der Waals surface area contributed by atoms with Crippen molar-refractivity contribution in [3.63, 3.8) is 0 Å². The van der Waals surface area contributed by atoms with Gasteiger partial charge in [0.1, 0.15) is 5.52 Å². The van der Waals surface area contributed by atoms with Gasteiger partial charge in [0.2, 0.25) is 0 Å². The van der Waals surface area contributed by atoms with Crippen molar-refractivity contribution in [3.8, 4) is 0 Å². The van der Waals surface area contributed by atoms with E-state index in [0.29, 0.717) is 16.4 Å². The zero-order valence-corrected chi connectivity index (χ0v) is 12.0. The molecule has 0 unspecified atom stereocenters. The number of oxazole rings is 1. The van der Waals surface area contributed by atoms with Gasteiger partial charge < -0.3 is 14.1 Å². The molecule has 0 amide bonds. The lowest BCUT2D eigenvalue weighted by Gasteiger charge is -2.06. The van der Waals surface area contributed by atoms with Crippen LogP contribution >= 0.6 is 11.8 Å². The summed E-state index contributed by atoms with van der Waals surface area (Å²) in [6, 6.07) is 5.11. The molecule has 5 nitrogen and oxygen atoms in total. The van der Waals surface area contributed by atoms with Crippen LogP contribution in [-0.2, 0) is 4.74 Å². The lowest BCUT2D eigenvalue weighted by Crippen LogP contribution is -2.14. The second-order valence-corrected chi connectivity index (χ2v) is 5.35. The predicted molar refractivity (Wildman–Crippen MR) is 74.6 cm³/mol. The molecule has 0 spiro atoms. The molecule has 0 aliphatic heterocycles. The number of nitrogens with zero attached hydrogens (tertiary/aromatic N) is 2. The summed E-state index contributed by atoms with van der Waals surface area (Å²) in [6.45, 7) is 0.955. The van der Waals surface area contributed by atoms with Crippen molar-refractivity contribution in [1.82, 2.24) is 9.88 Å². The molecule has 0 saturated carbocycles. The van der Waals surface area contributed by atoms with E-state index in [1.165, 1.54) is 7.11 Å². The molecule has 2 aromatic rings. The monoisotopic (exact) mass is 280 g/mol. The molecule has 0 fully saturated rings. The minimum atomic E-state index is -0.375. The first-order valence-corrected chi connectivity index (χ1v) is 6.85. The number of carbonyl (C=O) groups is 1. The van der Waals surface area contributed by atoms with E-state index in [2.05, 4.69) is 14.6 Å². The van der Waals surface area contributed by atoms with Gasteiger partial charge in [-0.1, -0.05) is 11.8 Å². The third-order valence-electron chi connectivity index (χ3n) is 2.55. The van der Waals surface area contributed by atoms with Crippen molar-refractivity contribution >= 4 is 28.8 Å². The van der Waals surface area contributed by atoms with Crippen LogP contribution in [0.1, 0.15) is 10.4 Å². The number of carbonyl (C=O) groups excluding carboxylic acids is 1. The first-order valence-electron chi connectivity index (χ1n) is 5.86. The fraction of sp³-hybridized carbons (Fsp3) is 0.385. The van der Waals surface area contributed by atoms with E-state index in [4.69, 9.17) is 4.42 Å². The maximum atomic E-state index is 11.4. The topological polar surface area (TPSA) is 55.6 Å².